The molecule has 0 bridgehead atoms. The zero-order chi connectivity index (χ0) is 15.4. The number of anilines is 1. The quantitative estimate of drug-likeness (QED) is 0.902. The highest BCUT2D eigenvalue weighted by molar-refractivity contribution is 5.88. The highest BCUT2D eigenvalue weighted by atomic mass is 16.4. The molecular weight excluding hydrogens is 266 g/mol. The molecule has 2 rings (SSSR count). The van der Waals surface area contributed by atoms with Gasteiger partial charge in [-0.2, -0.15) is 0 Å². The minimum atomic E-state index is -0.876. The van der Waals surface area contributed by atoms with Gasteiger partial charge in [-0.25, -0.2) is 9.78 Å². The van der Waals surface area contributed by atoms with Crippen LogP contribution in [0.15, 0.2) is 12.1 Å². The van der Waals surface area contributed by atoms with Gasteiger partial charge in [0.1, 0.15) is 5.82 Å². The first-order valence-electron chi connectivity index (χ1n) is 7.67. The van der Waals surface area contributed by atoms with Gasteiger partial charge >= 0.3 is 5.97 Å². The van der Waals surface area contributed by atoms with E-state index in [2.05, 4.69) is 35.8 Å². The van der Waals surface area contributed by atoms with Gasteiger partial charge in [-0.05, 0) is 45.5 Å². The molecule has 1 fully saturated rings. The van der Waals surface area contributed by atoms with Crippen LogP contribution in [0.3, 0.4) is 0 Å². The predicted octanol–water partition coefficient (Wildman–Crippen LogP) is 2.26. The molecule has 5 nitrogen and oxygen atoms in total. The van der Waals surface area contributed by atoms with E-state index in [0.717, 1.165) is 50.3 Å². The van der Waals surface area contributed by atoms with E-state index in [0.29, 0.717) is 11.6 Å². The van der Waals surface area contributed by atoms with Crippen LogP contribution >= 0.6 is 0 Å². The topological polar surface area (TPSA) is 56.7 Å². The molecule has 0 spiro atoms. The van der Waals surface area contributed by atoms with Crippen LogP contribution in [0.2, 0.25) is 0 Å². The molecule has 0 amide bonds. The van der Waals surface area contributed by atoms with Crippen molar-refractivity contribution in [3.05, 3.63) is 23.4 Å². The van der Waals surface area contributed by atoms with Gasteiger partial charge in [-0.3, -0.25) is 0 Å². The Morgan fingerprint density at radius 2 is 2.05 bits per heavy atom. The molecule has 0 aromatic carbocycles. The van der Waals surface area contributed by atoms with Crippen molar-refractivity contribution >= 4 is 11.8 Å². The lowest BCUT2D eigenvalue weighted by atomic mass is 10.0. The first-order chi connectivity index (χ1) is 10.0. The number of carboxylic acids is 1. The third-order valence-corrected chi connectivity index (χ3v) is 4.14. The Bertz CT molecular complexity index is 494. The molecule has 116 valence electrons. The van der Waals surface area contributed by atoms with Crippen molar-refractivity contribution < 1.29 is 9.90 Å². The zero-order valence-electron chi connectivity index (χ0n) is 13.2. The Morgan fingerprint density at radius 3 is 2.57 bits per heavy atom. The Balaban J connectivity index is 2.17. The number of aromatic nitrogens is 1. The van der Waals surface area contributed by atoms with Gasteiger partial charge in [-0.1, -0.05) is 13.3 Å². The maximum atomic E-state index is 11.3. The summed E-state index contributed by atoms with van der Waals surface area (Å²) in [5.74, 6) is -0.0604. The number of aryl methyl sites for hydroxylation is 1. The van der Waals surface area contributed by atoms with E-state index < -0.39 is 5.97 Å². The van der Waals surface area contributed by atoms with Crippen molar-refractivity contribution in [2.75, 3.05) is 32.1 Å². The fraction of sp³-hybridized carbons (Fsp3) is 0.625. The number of carboxylic acid groups (broad SMARTS) is 1. The Hall–Kier alpha value is -1.62. The molecule has 2 heterocycles. The molecule has 0 aliphatic carbocycles. The molecule has 1 aliphatic rings. The molecule has 0 atom stereocenters. The fourth-order valence-electron chi connectivity index (χ4n) is 2.85. The van der Waals surface area contributed by atoms with Gasteiger partial charge in [0.2, 0.25) is 0 Å². The smallest absolute Gasteiger partial charge is 0.335 e. The molecule has 5 heteroatoms. The molecular formula is C16H25N3O2. The Morgan fingerprint density at radius 1 is 1.38 bits per heavy atom. The number of piperidine rings is 1. The van der Waals surface area contributed by atoms with Gasteiger partial charge in [0.25, 0.3) is 0 Å². The van der Waals surface area contributed by atoms with Crippen LogP contribution in [0.4, 0.5) is 5.82 Å². The van der Waals surface area contributed by atoms with Crippen LogP contribution in [0, 0.1) is 0 Å². The van der Waals surface area contributed by atoms with Crippen LogP contribution < -0.4 is 4.90 Å². The summed E-state index contributed by atoms with van der Waals surface area (Å²) < 4.78 is 0. The monoisotopic (exact) mass is 291 g/mol. The van der Waals surface area contributed by atoms with E-state index in [1.54, 1.807) is 12.1 Å². The summed E-state index contributed by atoms with van der Waals surface area (Å²) in [5.41, 5.74) is 1.22. The molecule has 1 saturated heterocycles. The largest absolute Gasteiger partial charge is 0.478 e. The molecule has 1 aromatic rings. The zero-order valence-corrected chi connectivity index (χ0v) is 13.2. The fourth-order valence-corrected chi connectivity index (χ4v) is 2.85. The lowest BCUT2D eigenvalue weighted by molar-refractivity contribution is 0.0696. The van der Waals surface area contributed by atoms with E-state index in [9.17, 15) is 9.90 Å². The molecule has 1 aromatic heterocycles. The van der Waals surface area contributed by atoms with Gasteiger partial charge in [0.15, 0.2) is 0 Å². The highest BCUT2D eigenvalue weighted by Crippen LogP contribution is 2.22. The second-order valence-corrected chi connectivity index (χ2v) is 5.94. The van der Waals surface area contributed by atoms with Crippen molar-refractivity contribution in [3.63, 3.8) is 0 Å². The average molecular weight is 291 g/mol. The van der Waals surface area contributed by atoms with Crippen LogP contribution in [0.25, 0.3) is 0 Å². The van der Waals surface area contributed by atoms with Gasteiger partial charge in [0, 0.05) is 24.8 Å². The summed E-state index contributed by atoms with van der Waals surface area (Å²) in [6.07, 6.45) is 3.98. The molecule has 0 unspecified atom stereocenters. The van der Waals surface area contributed by atoms with E-state index in [1.165, 1.54) is 0 Å². The normalized spacial score (nSPS) is 16.5. The van der Waals surface area contributed by atoms with Crippen molar-refractivity contribution in [1.82, 2.24) is 9.88 Å². The van der Waals surface area contributed by atoms with Gasteiger partial charge < -0.3 is 14.9 Å². The molecule has 21 heavy (non-hydrogen) atoms. The Labute approximate surface area is 126 Å². The number of pyridine rings is 1. The minimum Gasteiger partial charge on any atom is -0.478 e. The van der Waals surface area contributed by atoms with Crippen LogP contribution in [0.5, 0.6) is 0 Å². The Kier molecular flexibility index (Phi) is 5.17. The van der Waals surface area contributed by atoms with Crippen LogP contribution in [-0.2, 0) is 6.42 Å². The van der Waals surface area contributed by atoms with Crippen molar-refractivity contribution in [2.45, 2.75) is 38.6 Å². The summed E-state index contributed by atoms with van der Waals surface area (Å²) in [6.45, 7) is 3.95. The third-order valence-electron chi connectivity index (χ3n) is 4.14. The van der Waals surface area contributed by atoms with Gasteiger partial charge in [-0.15, -0.1) is 0 Å². The summed E-state index contributed by atoms with van der Waals surface area (Å²) in [6, 6.07) is 4.01. The number of nitrogens with zero attached hydrogens (tertiary/aromatic N) is 3. The van der Waals surface area contributed by atoms with Crippen LogP contribution in [0.1, 0.15) is 42.2 Å². The molecule has 1 N–H and O–H groups in total. The van der Waals surface area contributed by atoms with E-state index in [-0.39, 0.29) is 0 Å². The molecule has 1 aliphatic heterocycles. The first-order valence-corrected chi connectivity index (χ1v) is 7.67. The number of hydrogen-bond acceptors (Lipinski definition) is 4. The second-order valence-electron chi connectivity index (χ2n) is 5.94. The second kappa shape index (κ2) is 6.89. The lowest BCUT2D eigenvalue weighted by Gasteiger charge is -2.36. The molecule has 0 saturated carbocycles. The average Bonchev–Trinajstić information content (AvgIpc) is 2.47. The maximum Gasteiger partial charge on any atom is 0.335 e. The van der Waals surface area contributed by atoms with E-state index >= 15 is 0 Å². The standard InChI is InChI=1S/C16H25N3O2/c1-4-5-13-10-12(16(20)21)11-15(17-13)19-8-6-14(7-9-19)18(2)3/h10-11,14H,4-9H2,1-3H3,(H,20,21). The lowest BCUT2D eigenvalue weighted by Crippen LogP contribution is -2.42. The van der Waals surface area contributed by atoms with Crippen LogP contribution in [-0.4, -0.2) is 54.2 Å². The number of aromatic carboxylic acids is 1. The molecule has 0 radical (unpaired) electrons. The summed E-state index contributed by atoms with van der Waals surface area (Å²) in [7, 11) is 4.23. The first kappa shape index (κ1) is 15.8. The SMILES string of the molecule is CCCc1cc(C(=O)O)cc(N2CCC(N(C)C)CC2)n1. The number of rotatable bonds is 5. The predicted molar refractivity (Wildman–Crippen MR) is 84.1 cm³/mol. The summed E-state index contributed by atoms with van der Waals surface area (Å²) in [5, 5.41) is 9.26. The number of carbonyl (C=O) groups is 1. The maximum absolute atomic E-state index is 11.3. The van der Waals surface area contributed by atoms with E-state index in [1.807, 2.05) is 0 Å². The summed E-state index contributed by atoms with van der Waals surface area (Å²) in [4.78, 5) is 20.4. The number of hydrogen-bond donors (Lipinski definition) is 1. The highest BCUT2D eigenvalue weighted by Gasteiger charge is 2.22. The third kappa shape index (κ3) is 3.94. The van der Waals surface area contributed by atoms with Crippen molar-refractivity contribution in [1.29, 1.82) is 0 Å². The van der Waals surface area contributed by atoms with E-state index in [4.69, 9.17) is 0 Å². The van der Waals surface area contributed by atoms with Crippen molar-refractivity contribution in [2.24, 2.45) is 0 Å². The van der Waals surface area contributed by atoms with Crippen molar-refractivity contribution in [3.8, 4) is 0 Å². The minimum absolute atomic E-state index is 0.346. The van der Waals surface area contributed by atoms with Gasteiger partial charge in [0.05, 0.1) is 5.56 Å². The summed E-state index contributed by atoms with van der Waals surface area (Å²) >= 11 is 0.